The summed E-state index contributed by atoms with van der Waals surface area (Å²) >= 11 is 0. The second-order valence-electron chi connectivity index (χ2n) is 18.9. The monoisotopic (exact) mass is 874 g/mol. The second-order valence-corrected chi connectivity index (χ2v) is 18.9. The molecule has 62 heavy (non-hydrogen) atoms. The van der Waals surface area contributed by atoms with Crippen molar-refractivity contribution in [3.05, 3.63) is 24.3 Å². The van der Waals surface area contributed by atoms with E-state index in [1.165, 1.54) is 225 Å². The molecule has 366 valence electrons. The van der Waals surface area contributed by atoms with Gasteiger partial charge in [0.15, 0.2) is 0 Å². The minimum atomic E-state index is -0.847. The van der Waals surface area contributed by atoms with Gasteiger partial charge >= 0.3 is 5.97 Å². The molecule has 1 amide bonds. The molecule has 0 aromatic rings. The lowest BCUT2D eigenvalue weighted by Gasteiger charge is -2.20. The van der Waals surface area contributed by atoms with E-state index in [-0.39, 0.29) is 18.5 Å². The fraction of sp³-hybridized carbons (Fsp3) is 0.893. The van der Waals surface area contributed by atoms with E-state index < -0.39 is 12.1 Å². The van der Waals surface area contributed by atoms with Crippen molar-refractivity contribution < 1.29 is 24.5 Å². The van der Waals surface area contributed by atoms with Crippen molar-refractivity contribution >= 4 is 11.9 Å². The smallest absolute Gasteiger partial charge is 0.305 e. The molecule has 6 heteroatoms. The minimum absolute atomic E-state index is 0.00812. The first-order valence-electron chi connectivity index (χ1n) is 27.6. The highest BCUT2D eigenvalue weighted by Gasteiger charge is 2.18. The lowest BCUT2D eigenvalue weighted by Crippen LogP contribution is -2.45. The Morgan fingerprint density at radius 3 is 1.15 bits per heavy atom. The maximum atomic E-state index is 12.4. The zero-order valence-electron chi connectivity index (χ0n) is 41.6. The van der Waals surface area contributed by atoms with Crippen LogP contribution in [0.5, 0.6) is 0 Å². The summed E-state index contributed by atoms with van der Waals surface area (Å²) in [5.41, 5.74) is 0. The molecule has 0 saturated heterocycles. The highest BCUT2D eigenvalue weighted by atomic mass is 16.5. The van der Waals surface area contributed by atoms with Crippen LogP contribution in [0.15, 0.2) is 24.3 Å². The van der Waals surface area contributed by atoms with Crippen LogP contribution in [0.25, 0.3) is 0 Å². The van der Waals surface area contributed by atoms with Crippen LogP contribution in [-0.4, -0.2) is 47.4 Å². The quantitative estimate of drug-likeness (QED) is 0.0321. The molecule has 0 bridgehead atoms. The lowest BCUT2D eigenvalue weighted by molar-refractivity contribution is -0.143. The summed E-state index contributed by atoms with van der Waals surface area (Å²) in [5.74, 6) is -0.0703. The van der Waals surface area contributed by atoms with Crippen LogP contribution in [0.4, 0.5) is 0 Å². The van der Waals surface area contributed by atoms with Crippen LogP contribution in [0.2, 0.25) is 0 Å². The number of nitrogens with one attached hydrogen (secondary N) is 1. The van der Waals surface area contributed by atoms with Crippen molar-refractivity contribution in [2.75, 3.05) is 13.2 Å². The van der Waals surface area contributed by atoms with Gasteiger partial charge in [0, 0.05) is 12.8 Å². The molecular weight excluding hydrogens is 767 g/mol. The summed E-state index contributed by atoms with van der Waals surface area (Å²) in [4.78, 5) is 24.4. The van der Waals surface area contributed by atoms with Crippen LogP contribution in [-0.2, 0) is 14.3 Å². The SMILES string of the molecule is CCCCCCCCCC/C=C/C(O)C(CO)NC(=O)CCCCCCCCC/C=C\CCCCCCCCCCCOC(=O)CCCCCCCCCCCCCCCCC. The van der Waals surface area contributed by atoms with Gasteiger partial charge in [-0.25, -0.2) is 0 Å². The number of carbonyl (C=O) groups is 2. The predicted octanol–water partition coefficient (Wildman–Crippen LogP) is 16.7. The number of rotatable bonds is 51. The first kappa shape index (κ1) is 60.3. The maximum absolute atomic E-state index is 12.4. The molecule has 0 aromatic carbocycles. The topological polar surface area (TPSA) is 95.9 Å². The Morgan fingerprint density at radius 2 is 0.758 bits per heavy atom. The number of unbranched alkanes of at least 4 members (excludes halogenated alkanes) is 38. The van der Waals surface area contributed by atoms with Crippen molar-refractivity contribution in [3.63, 3.8) is 0 Å². The van der Waals surface area contributed by atoms with E-state index in [9.17, 15) is 19.8 Å². The molecule has 0 aliphatic carbocycles. The van der Waals surface area contributed by atoms with E-state index in [0.717, 1.165) is 44.9 Å². The Hall–Kier alpha value is -1.66. The largest absolute Gasteiger partial charge is 0.466 e. The van der Waals surface area contributed by atoms with E-state index >= 15 is 0 Å². The Labute approximate surface area is 386 Å². The van der Waals surface area contributed by atoms with Crippen molar-refractivity contribution in [1.29, 1.82) is 0 Å². The van der Waals surface area contributed by atoms with Crippen LogP contribution < -0.4 is 5.32 Å². The first-order chi connectivity index (χ1) is 30.5. The third-order valence-corrected chi connectivity index (χ3v) is 12.7. The number of aliphatic hydroxyl groups excluding tert-OH is 2. The number of allylic oxidation sites excluding steroid dienone is 3. The number of aliphatic hydroxyl groups is 2. The average molecular weight is 874 g/mol. The number of hydrogen-bond acceptors (Lipinski definition) is 5. The predicted molar refractivity (Wildman–Crippen MR) is 269 cm³/mol. The summed E-state index contributed by atoms with van der Waals surface area (Å²) in [5, 5.41) is 22.9. The van der Waals surface area contributed by atoms with E-state index in [0.29, 0.717) is 19.4 Å². The van der Waals surface area contributed by atoms with Crippen LogP contribution >= 0.6 is 0 Å². The Bertz CT molecular complexity index is 966. The molecule has 0 aliphatic heterocycles. The zero-order chi connectivity index (χ0) is 45.1. The molecule has 2 atom stereocenters. The normalized spacial score (nSPS) is 12.8. The zero-order valence-corrected chi connectivity index (χ0v) is 41.6. The molecular formula is C56H107NO5. The fourth-order valence-electron chi connectivity index (χ4n) is 8.45. The first-order valence-corrected chi connectivity index (χ1v) is 27.6. The molecule has 0 rings (SSSR count). The van der Waals surface area contributed by atoms with Gasteiger partial charge < -0.3 is 20.3 Å². The molecule has 0 fully saturated rings. The van der Waals surface area contributed by atoms with Crippen LogP contribution in [0, 0.1) is 0 Å². The number of amides is 1. The van der Waals surface area contributed by atoms with Gasteiger partial charge in [-0.2, -0.15) is 0 Å². The van der Waals surface area contributed by atoms with Crippen molar-refractivity contribution in [1.82, 2.24) is 5.32 Å². The van der Waals surface area contributed by atoms with Gasteiger partial charge in [0.1, 0.15) is 0 Å². The fourth-order valence-corrected chi connectivity index (χ4v) is 8.45. The summed E-state index contributed by atoms with van der Waals surface area (Å²) in [6, 6.07) is -0.632. The molecule has 0 heterocycles. The number of esters is 1. The van der Waals surface area contributed by atoms with E-state index in [1.54, 1.807) is 6.08 Å². The Morgan fingerprint density at radius 1 is 0.435 bits per heavy atom. The molecule has 6 nitrogen and oxygen atoms in total. The van der Waals surface area contributed by atoms with Gasteiger partial charge in [-0.3, -0.25) is 9.59 Å². The van der Waals surface area contributed by atoms with Crippen molar-refractivity contribution in [2.45, 2.75) is 309 Å². The van der Waals surface area contributed by atoms with Gasteiger partial charge in [-0.1, -0.05) is 250 Å². The third kappa shape index (κ3) is 47.8. The molecule has 0 spiro atoms. The summed E-state index contributed by atoms with van der Waals surface area (Å²) in [6.07, 6.45) is 62.0. The standard InChI is InChI=1S/C56H107NO5/c1-3-5-7-9-11-13-15-16-23-27-30-34-38-42-46-50-56(61)62-51-47-43-39-35-31-28-25-22-20-18-17-19-21-24-26-29-33-37-41-45-49-55(60)57-53(52-58)54(59)48-44-40-36-32-14-12-10-8-6-4-2/h17,19,44,48,53-54,58-59H,3-16,18,20-43,45-47,49-52H2,1-2H3,(H,57,60)/b19-17-,48-44+. The summed E-state index contributed by atoms with van der Waals surface area (Å²) < 4.78 is 5.48. The Balaban J connectivity index is 3.42. The summed E-state index contributed by atoms with van der Waals surface area (Å²) in [6.45, 7) is 4.88. The van der Waals surface area contributed by atoms with Crippen molar-refractivity contribution in [2.24, 2.45) is 0 Å². The van der Waals surface area contributed by atoms with Crippen LogP contribution in [0.3, 0.4) is 0 Å². The van der Waals surface area contributed by atoms with Gasteiger partial charge in [-0.15, -0.1) is 0 Å². The molecule has 0 aromatic heterocycles. The van der Waals surface area contributed by atoms with E-state index in [4.69, 9.17) is 4.74 Å². The van der Waals surface area contributed by atoms with Gasteiger partial charge in [0.2, 0.25) is 5.91 Å². The highest BCUT2D eigenvalue weighted by molar-refractivity contribution is 5.76. The molecule has 0 aliphatic rings. The van der Waals surface area contributed by atoms with Crippen molar-refractivity contribution in [3.8, 4) is 0 Å². The second kappa shape index (κ2) is 52.0. The number of ether oxygens (including phenoxy) is 1. The maximum Gasteiger partial charge on any atom is 0.305 e. The molecule has 0 saturated carbocycles. The van der Waals surface area contributed by atoms with Gasteiger partial charge in [0.05, 0.1) is 25.4 Å². The summed E-state index contributed by atoms with van der Waals surface area (Å²) in [7, 11) is 0. The molecule has 3 N–H and O–H groups in total. The number of hydrogen-bond donors (Lipinski definition) is 3. The van der Waals surface area contributed by atoms with Gasteiger partial charge in [0.25, 0.3) is 0 Å². The highest BCUT2D eigenvalue weighted by Crippen LogP contribution is 2.16. The average Bonchev–Trinajstić information content (AvgIpc) is 3.27. The van der Waals surface area contributed by atoms with E-state index in [1.807, 2.05) is 6.08 Å². The number of carbonyl (C=O) groups excluding carboxylic acids is 2. The van der Waals surface area contributed by atoms with Crippen LogP contribution in [0.1, 0.15) is 296 Å². The molecule has 0 radical (unpaired) electrons. The van der Waals surface area contributed by atoms with E-state index in [2.05, 4.69) is 31.3 Å². The molecule has 2 unspecified atom stereocenters. The Kier molecular flexibility index (Phi) is 50.6. The van der Waals surface area contributed by atoms with Gasteiger partial charge in [-0.05, 0) is 57.8 Å². The minimum Gasteiger partial charge on any atom is -0.466 e. The third-order valence-electron chi connectivity index (χ3n) is 12.7. The lowest BCUT2D eigenvalue weighted by atomic mass is 10.0.